The van der Waals surface area contributed by atoms with E-state index in [0.29, 0.717) is 0 Å². The number of nitrogens with zero attached hydrogens (tertiary/aromatic N) is 1. The number of unbranched alkanes of at least 4 members (excludes halogenated alkanes) is 1. The Balaban J connectivity index is 2.32. The highest BCUT2D eigenvalue weighted by Crippen LogP contribution is 2.15. The zero-order valence-electron chi connectivity index (χ0n) is 11.6. The molecule has 102 valence electrons. The Kier molecular flexibility index (Phi) is 7.85. The highest BCUT2D eigenvalue weighted by Gasteiger charge is 2.05. The van der Waals surface area contributed by atoms with Gasteiger partial charge in [-0.15, -0.1) is 0 Å². The van der Waals surface area contributed by atoms with Crippen LogP contribution in [0.2, 0.25) is 0 Å². The first-order valence-electron chi connectivity index (χ1n) is 6.54. The molecular weight excluding hydrogens is 244 g/mol. The van der Waals surface area contributed by atoms with Crippen LogP contribution in [0, 0.1) is 0 Å². The van der Waals surface area contributed by atoms with Crippen molar-refractivity contribution in [1.82, 2.24) is 10.3 Å². The van der Waals surface area contributed by atoms with Crippen LogP contribution in [0.1, 0.15) is 32.3 Å². The van der Waals surface area contributed by atoms with Gasteiger partial charge in [-0.05, 0) is 51.3 Å². The summed E-state index contributed by atoms with van der Waals surface area (Å²) in [6, 6.07) is 4.03. The Morgan fingerprint density at radius 1 is 1.39 bits per heavy atom. The molecule has 0 aliphatic carbocycles. The third kappa shape index (κ3) is 6.26. The summed E-state index contributed by atoms with van der Waals surface area (Å²) in [5.41, 5.74) is 1.14. The number of hydrogen-bond donors (Lipinski definition) is 1. The second kappa shape index (κ2) is 9.22. The van der Waals surface area contributed by atoms with Crippen molar-refractivity contribution in [3.8, 4) is 5.88 Å². The SMILES string of the molecule is CSCCCCNCc1cccnc1OC(C)C. The first kappa shape index (κ1) is 15.3. The maximum absolute atomic E-state index is 5.69. The zero-order valence-corrected chi connectivity index (χ0v) is 12.4. The normalized spacial score (nSPS) is 10.9. The average molecular weight is 268 g/mol. The molecule has 18 heavy (non-hydrogen) atoms. The summed E-state index contributed by atoms with van der Waals surface area (Å²) in [6.07, 6.45) is 6.59. The van der Waals surface area contributed by atoms with E-state index in [9.17, 15) is 0 Å². The monoisotopic (exact) mass is 268 g/mol. The number of hydrogen-bond acceptors (Lipinski definition) is 4. The number of ether oxygens (including phenoxy) is 1. The third-order valence-corrected chi connectivity index (χ3v) is 3.16. The molecule has 1 aromatic rings. The standard InChI is InChI=1S/C14H24N2OS/c1-12(2)17-14-13(7-6-9-16-14)11-15-8-4-5-10-18-3/h6-7,9,12,15H,4-5,8,10-11H2,1-3H3. The van der Waals surface area contributed by atoms with Gasteiger partial charge in [-0.1, -0.05) is 6.07 Å². The van der Waals surface area contributed by atoms with Gasteiger partial charge in [-0.3, -0.25) is 0 Å². The lowest BCUT2D eigenvalue weighted by Gasteiger charge is -2.13. The predicted octanol–water partition coefficient (Wildman–Crippen LogP) is 3.10. The molecule has 0 fully saturated rings. The van der Waals surface area contributed by atoms with E-state index in [1.807, 2.05) is 31.7 Å². The van der Waals surface area contributed by atoms with Crippen molar-refractivity contribution in [3.63, 3.8) is 0 Å². The highest BCUT2D eigenvalue weighted by atomic mass is 32.2. The fourth-order valence-corrected chi connectivity index (χ4v) is 2.10. The van der Waals surface area contributed by atoms with Gasteiger partial charge < -0.3 is 10.1 Å². The predicted molar refractivity (Wildman–Crippen MR) is 79.3 cm³/mol. The molecule has 0 saturated heterocycles. The van der Waals surface area contributed by atoms with Gasteiger partial charge in [0.25, 0.3) is 0 Å². The number of rotatable bonds is 9. The van der Waals surface area contributed by atoms with E-state index in [2.05, 4.69) is 22.6 Å². The van der Waals surface area contributed by atoms with E-state index < -0.39 is 0 Å². The fourth-order valence-electron chi connectivity index (χ4n) is 1.61. The van der Waals surface area contributed by atoms with Crippen molar-refractivity contribution in [2.24, 2.45) is 0 Å². The Morgan fingerprint density at radius 3 is 2.94 bits per heavy atom. The smallest absolute Gasteiger partial charge is 0.218 e. The van der Waals surface area contributed by atoms with E-state index in [-0.39, 0.29) is 6.10 Å². The molecule has 0 amide bonds. The van der Waals surface area contributed by atoms with Crippen LogP contribution in [0.4, 0.5) is 0 Å². The quantitative estimate of drug-likeness (QED) is 0.698. The lowest BCUT2D eigenvalue weighted by atomic mass is 10.2. The minimum atomic E-state index is 0.167. The molecule has 0 spiro atoms. The molecule has 4 heteroatoms. The third-order valence-electron chi connectivity index (χ3n) is 2.46. The summed E-state index contributed by atoms with van der Waals surface area (Å²) in [7, 11) is 0. The maximum Gasteiger partial charge on any atom is 0.218 e. The lowest BCUT2D eigenvalue weighted by Crippen LogP contribution is -2.17. The van der Waals surface area contributed by atoms with Crippen LogP contribution in [0.15, 0.2) is 18.3 Å². The second-order valence-electron chi connectivity index (χ2n) is 4.51. The van der Waals surface area contributed by atoms with Gasteiger partial charge >= 0.3 is 0 Å². The van der Waals surface area contributed by atoms with Gasteiger partial charge in [-0.25, -0.2) is 4.98 Å². The molecule has 1 aromatic heterocycles. The lowest BCUT2D eigenvalue weighted by molar-refractivity contribution is 0.229. The van der Waals surface area contributed by atoms with Crippen molar-refractivity contribution in [2.75, 3.05) is 18.6 Å². The Hall–Kier alpha value is -0.740. The van der Waals surface area contributed by atoms with Crippen molar-refractivity contribution in [2.45, 2.75) is 39.3 Å². The van der Waals surface area contributed by atoms with E-state index in [1.54, 1.807) is 6.20 Å². The number of nitrogens with one attached hydrogen (secondary N) is 1. The highest BCUT2D eigenvalue weighted by molar-refractivity contribution is 7.98. The Morgan fingerprint density at radius 2 is 2.22 bits per heavy atom. The van der Waals surface area contributed by atoms with Crippen molar-refractivity contribution in [3.05, 3.63) is 23.9 Å². The van der Waals surface area contributed by atoms with Gasteiger partial charge in [0, 0.05) is 18.3 Å². The molecule has 1 N–H and O–H groups in total. The number of thioether (sulfide) groups is 1. The summed E-state index contributed by atoms with van der Waals surface area (Å²) in [5.74, 6) is 2.00. The van der Waals surface area contributed by atoms with Gasteiger partial charge in [0.15, 0.2) is 0 Å². The van der Waals surface area contributed by atoms with Crippen LogP contribution in [0.3, 0.4) is 0 Å². The molecule has 0 aliphatic rings. The first-order valence-corrected chi connectivity index (χ1v) is 7.93. The van der Waals surface area contributed by atoms with Crippen LogP contribution in [0.25, 0.3) is 0 Å². The van der Waals surface area contributed by atoms with Crippen molar-refractivity contribution < 1.29 is 4.74 Å². The molecule has 0 atom stereocenters. The van der Waals surface area contributed by atoms with Crippen LogP contribution in [-0.2, 0) is 6.54 Å². The Bertz CT molecular complexity index is 331. The fraction of sp³-hybridized carbons (Fsp3) is 0.643. The van der Waals surface area contributed by atoms with Gasteiger partial charge in [-0.2, -0.15) is 11.8 Å². The topological polar surface area (TPSA) is 34.2 Å². The summed E-state index contributed by atoms with van der Waals surface area (Å²) in [4.78, 5) is 4.28. The molecule has 0 saturated carbocycles. The van der Waals surface area contributed by atoms with E-state index in [1.165, 1.54) is 18.6 Å². The van der Waals surface area contributed by atoms with Gasteiger partial charge in [0.1, 0.15) is 0 Å². The number of pyridine rings is 1. The molecule has 0 unspecified atom stereocenters. The number of aromatic nitrogens is 1. The van der Waals surface area contributed by atoms with Crippen molar-refractivity contribution in [1.29, 1.82) is 0 Å². The molecule has 1 heterocycles. The molecule has 0 radical (unpaired) electrons. The van der Waals surface area contributed by atoms with Gasteiger partial charge in [0.05, 0.1) is 6.10 Å². The minimum Gasteiger partial charge on any atom is -0.475 e. The largest absolute Gasteiger partial charge is 0.475 e. The summed E-state index contributed by atoms with van der Waals surface area (Å²) in [5, 5.41) is 3.44. The molecule has 0 bridgehead atoms. The second-order valence-corrected chi connectivity index (χ2v) is 5.50. The Labute approximate surface area is 115 Å². The molecule has 1 rings (SSSR count). The minimum absolute atomic E-state index is 0.167. The van der Waals surface area contributed by atoms with Crippen LogP contribution >= 0.6 is 11.8 Å². The molecule has 0 aromatic carbocycles. The van der Waals surface area contributed by atoms with E-state index >= 15 is 0 Å². The summed E-state index contributed by atoms with van der Waals surface area (Å²) < 4.78 is 5.69. The molecule has 0 aliphatic heterocycles. The average Bonchev–Trinajstić information content (AvgIpc) is 2.35. The van der Waals surface area contributed by atoms with Crippen molar-refractivity contribution >= 4 is 11.8 Å². The summed E-state index contributed by atoms with van der Waals surface area (Å²) in [6.45, 7) is 5.92. The maximum atomic E-state index is 5.69. The van der Waals surface area contributed by atoms with Crippen LogP contribution in [-0.4, -0.2) is 29.6 Å². The first-order chi connectivity index (χ1) is 8.74. The summed E-state index contributed by atoms with van der Waals surface area (Å²) >= 11 is 1.91. The van der Waals surface area contributed by atoms with Crippen LogP contribution in [0.5, 0.6) is 5.88 Å². The van der Waals surface area contributed by atoms with E-state index in [0.717, 1.165) is 24.5 Å². The zero-order chi connectivity index (χ0) is 13.2. The van der Waals surface area contributed by atoms with Gasteiger partial charge in [0.2, 0.25) is 5.88 Å². The van der Waals surface area contributed by atoms with Crippen LogP contribution < -0.4 is 10.1 Å². The van der Waals surface area contributed by atoms with E-state index in [4.69, 9.17) is 4.74 Å². The molecule has 3 nitrogen and oxygen atoms in total. The molecular formula is C14H24N2OS.